The predicted octanol–water partition coefficient (Wildman–Crippen LogP) is 7.37. The van der Waals surface area contributed by atoms with Gasteiger partial charge in [-0.25, -0.2) is 0 Å². The molecule has 0 heterocycles. The lowest BCUT2D eigenvalue weighted by atomic mass is 9.43. The largest absolute Gasteiger partial charge is 0.298 e. The van der Waals surface area contributed by atoms with Crippen LogP contribution in [0.2, 0.25) is 0 Å². The Labute approximate surface area is 162 Å². The first kappa shape index (κ1) is 21.5. The Bertz CT molecular complexity index is 568. The maximum atomic E-state index is 14.7. The summed E-state index contributed by atoms with van der Waals surface area (Å²) >= 11 is 0. The van der Waals surface area contributed by atoms with E-state index in [-0.39, 0.29) is 21.7 Å². The van der Waals surface area contributed by atoms with Crippen molar-refractivity contribution in [2.24, 2.45) is 33.5 Å². The van der Waals surface area contributed by atoms with Gasteiger partial charge in [0.1, 0.15) is 5.78 Å². The third-order valence-corrected chi connectivity index (χ3v) is 7.94. The second kappa shape index (κ2) is 6.64. The fourth-order valence-corrected chi connectivity index (χ4v) is 6.38. The van der Waals surface area contributed by atoms with Gasteiger partial charge in [0, 0.05) is 10.8 Å². The summed E-state index contributed by atoms with van der Waals surface area (Å²) in [5.41, 5.74) is 2.23. The lowest BCUT2D eigenvalue weighted by molar-refractivity contribution is -0.163. The van der Waals surface area contributed by atoms with Gasteiger partial charge in [-0.3, -0.25) is 4.79 Å². The zero-order chi connectivity index (χ0) is 20.1. The maximum absolute atomic E-state index is 14.7. The van der Waals surface area contributed by atoms with E-state index in [1.165, 1.54) is 11.1 Å². The van der Waals surface area contributed by atoms with Crippen molar-refractivity contribution >= 4 is 5.78 Å². The van der Waals surface area contributed by atoms with Crippen molar-refractivity contribution in [3.8, 4) is 0 Å². The Morgan fingerprint density at radius 2 is 1.12 bits per heavy atom. The molecule has 0 N–H and O–H groups in total. The number of ketones is 1. The Kier molecular flexibility index (Phi) is 5.48. The topological polar surface area (TPSA) is 17.1 Å². The van der Waals surface area contributed by atoms with E-state index in [0.717, 1.165) is 25.7 Å². The molecule has 0 aliphatic heterocycles. The van der Waals surface area contributed by atoms with Gasteiger partial charge in [-0.2, -0.15) is 0 Å². The van der Waals surface area contributed by atoms with Gasteiger partial charge in [-0.1, -0.05) is 78.7 Å². The average molecular weight is 359 g/mol. The molecule has 0 aromatic carbocycles. The van der Waals surface area contributed by atoms with Crippen LogP contribution in [0.4, 0.5) is 0 Å². The van der Waals surface area contributed by atoms with E-state index in [1.54, 1.807) is 0 Å². The van der Waals surface area contributed by atoms with Crippen LogP contribution in [0.3, 0.4) is 0 Å². The van der Waals surface area contributed by atoms with Crippen molar-refractivity contribution in [2.45, 2.75) is 94.9 Å². The highest BCUT2D eigenvalue weighted by Crippen LogP contribution is 2.62. The van der Waals surface area contributed by atoms with E-state index in [0.29, 0.717) is 17.6 Å². The van der Waals surface area contributed by atoms with E-state index in [1.807, 2.05) is 0 Å². The van der Waals surface area contributed by atoms with Crippen LogP contribution >= 0.6 is 0 Å². The molecule has 0 aromatic heterocycles. The summed E-state index contributed by atoms with van der Waals surface area (Å²) in [4.78, 5) is 14.7. The molecule has 26 heavy (non-hydrogen) atoms. The highest BCUT2D eigenvalue weighted by Gasteiger charge is 2.62. The summed E-state index contributed by atoms with van der Waals surface area (Å²) in [6, 6.07) is 0. The highest BCUT2D eigenvalue weighted by molar-refractivity contribution is 5.93. The smallest absolute Gasteiger partial charge is 0.147 e. The van der Waals surface area contributed by atoms with Crippen LogP contribution in [0.25, 0.3) is 0 Å². The molecule has 1 heteroatoms. The van der Waals surface area contributed by atoms with Gasteiger partial charge in [0.15, 0.2) is 0 Å². The van der Waals surface area contributed by atoms with Crippen molar-refractivity contribution in [1.29, 1.82) is 0 Å². The second-order valence-corrected chi connectivity index (χ2v) is 11.4. The van der Waals surface area contributed by atoms with Gasteiger partial charge in [-0.05, 0) is 62.2 Å². The minimum Gasteiger partial charge on any atom is -0.298 e. The molecule has 1 nitrogen and oxygen atoms in total. The third-order valence-electron chi connectivity index (χ3n) is 7.94. The molecule has 148 valence electrons. The first-order valence-corrected chi connectivity index (χ1v) is 10.6. The van der Waals surface area contributed by atoms with Crippen LogP contribution in [-0.4, -0.2) is 5.78 Å². The summed E-state index contributed by atoms with van der Waals surface area (Å²) in [5.74, 6) is 1.13. The monoisotopic (exact) mass is 358 g/mol. The minimum atomic E-state index is -0.285. The van der Waals surface area contributed by atoms with Crippen molar-refractivity contribution in [2.75, 3.05) is 0 Å². The molecule has 2 aliphatic rings. The first-order chi connectivity index (χ1) is 11.7. The van der Waals surface area contributed by atoms with Crippen LogP contribution in [0.5, 0.6) is 0 Å². The quantitative estimate of drug-likeness (QED) is 0.471. The van der Waals surface area contributed by atoms with Crippen molar-refractivity contribution in [3.05, 3.63) is 23.3 Å². The van der Waals surface area contributed by atoms with E-state index >= 15 is 0 Å². The fourth-order valence-electron chi connectivity index (χ4n) is 6.38. The van der Waals surface area contributed by atoms with E-state index in [2.05, 4.69) is 81.4 Å². The molecule has 2 unspecified atom stereocenters. The van der Waals surface area contributed by atoms with Gasteiger partial charge in [0.05, 0.1) is 0 Å². The summed E-state index contributed by atoms with van der Waals surface area (Å²) in [6.07, 6.45) is 8.86. The number of hydrogen-bond acceptors (Lipinski definition) is 1. The summed E-state index contributed by atoms with van der Waals surface area (Å²) < 4.78 is 0. The predicted molar refractivity (Wildman–Crippen MR) is 113 cm³/mol. The molecule has 0 fully saturated rings. The molecule has 2 aliphatic carbocycles. The van der Waals surface area contributed by atoms with Crippen LogP contribution in [-0.2, 0) is 4.79 Å². The Morgan fingerprint density at radius 3 is 1.35 bits per heavy atom. The molecular formula is C25H42O. The Balaban J connectivity index is 2.71. The van der Waals surface area contributed by atoms with Gasteiger partial charge in [0.25, 0.3) is 0 Å². The number of hydrogen-bond donors (Lipinski definition) is 0. The Hall–Kier alpha value is -0.850. The molecule has 0 amide bonds. The van der Waals surface area contributed by atoms with E-state index < -0.39 is 0 Å². The second-order valence-electron chi connectivity index (χ2n) is 11.4. The third kappa shape index (κ3) is 3.04. The molecule has 0 aromatic rings. The van der Waals surface area contributed by atoms with E-state index in [9.17, 15) is 4.79 Å². The maximum Gasteiger partial charge on any atom is 0.147 e. The molecule has 2 rings (SSSR count). The van der Waals surface area contributed by atoms with Crippen molar-refractivity contribution < 1.29 is 4.79 Å². The summed E-state index contributed by atoms with van der Waals surface area (Å²) in [6.45, 7) is 22.8. The molecule has 0 saturated heterocycles. The molecule has 0 radical (unpaired) electrons. The van der Waals surface area contributed by atoms with Crippen LogP contribution in [0.15, 0.2) is 23.3 Å². The zero-order valence-corrected chi connectivity index (χ0v) is 19.0. The molecule has 4 atom stereocenters. The number of Topliss-reactive ketones (excluding diaryl/α,β-unsaturated/α-hetero) is 1. The summed E-state index contributed by atoms with van der Waals surface area (Å²) in [7, 11) is 0. The lowest BCUT2D eigenvalue weighted by Gasteiger charge is -2.59. The molecule has 0 spiro atoms. The number of carbonyl (C=O) groups is 1. The van der Waals surface area contributed by atoms with Crippen LogP contribution < -0.4 is 0 Å². The van der Waals surface area contributed by atoms with Crippen molar-refractivity contribution in [1.82, 2.24) is 0 Å². The summed E-state index contributed by atoms with van der Waals surface area (Å²) in [5, 5.41) is 0. The molecule has 0 saturated carbocycles. The first-order valence-electron chi connectivity index (χ1n) is 10.6. The highest BCUT2D eigenvalue weighted by atomic mass is 16.1. The van der Waals surface area contributed by atoms with Gasteiger partial charge < -0.3 is 0 Å². The SMILES string of the molecule is CC1=C[C@@H](C)C(C(=O)C2(C(C)(C)C)CCC(C)=C[C@H]2C)(C(C)(C)C)CC1. The van der Waals surface area contributed by atoms with Gasteiger partial charge >= 0.3 is 0 Å². The normalized spacial score (nSPS) is 36.4. The van der Waals surface area contributed by atoms with Crippen LogP contribution in [0.1, 0.15) is 94.9 Å². The van der Waals surface area contributed by atoms with Crippen molar-refractivity contribution in [3.63, 3.8) is 0 Å². The minimum absolute atomic E-state index is 0.0467. The standard InChI is InChI=1S/C25H42O/c1-17-11-13-24(19(3)15-17,22(5,6)7)21(26)25(23(8,9)10)14-12-18(2)16-20(25)4/h15-16,19-20H,11-14H2,1-10H3/t19-,20-,24?,25?/m1/s1. The van der Waals surface area contributed by atoms with E-state index in [4.69, 9.17) is 0 Å². The average Bonchev–Trinajstić information content (AvgIpc) is 2.44. The number of rotatable bonds is 2. The Morgan fingerprint density at radius 1 is 0.808 bits per heavy atom. The van der Waals surface area contributed by atoms with Gasteiger partial charge in [-0.15, -0.1) is 0 Å². The van der Waals surface area contributed by atoms with Crippen LogP contribution in [0, 0.1) is 33.5 Å². The fraction of sp³-hybridized carbons (Fsp3) is 0.800. The molecule has 0 bridgehead atoms. The lowest BCUT2D eigenvalue weighted by Crippen LogP contribution is -2.60. The zero-order valence-electron chi connectivity index (χ0n) is 19.0. The molecular weight excluding hydrogens is 316 g/mol. The number of carbonyl (C=O) groups excluding carboxylic acids is 1. The van der Waals surface area contributed by atoms with Gasteiger partial charge in [0.2, 0.25) is 0 Å². The number of allylic oxidation sites excluding steroid dienone is 4.